The Hall–Kier alpha value is -0.610. The first-order valence-electron chi connectivity index (χ1n) is 7.01. The molecule has 4 nitrogen and oxygen atoms in total. The van der Waals surface area contributed by atoms with Gasteiger partial charge in [0.1, 0.15) is 0 Å². The van der Waals surface area contributed by atoms with Gasteiger partial charge in [-0.05, 0) is 39.2 Å². The van der Waals surface area contributed by atoms with Crippen LogP contribution in [0.1, 0.15) is 45.4 Å². The molecule has 1 aliphatic heterocycles. The van der Waals surface area contributed by atoms with Crippen LogP contribution in [-0.4, -0.2) is 48.3 Å². The van der Waals surface area contributed by atoms with Crippen LogP contribution in [0.25, 0.3) is 0 Å². The highest BCUT2D eigenvalue weighted by Crippen LogP contribution is 2.40. The second-order valence-corrected chi connectivity index (χ2v) is 6.26. The molecule has 2 fully saturated rings. The van der Waals surface area contributed by atoms with Gasteiger partial charge in [-0.1, -0.05) is 12.8 Å². The van der Waals surface area contributed by atoms with Crippen LogP contribution >= 0.6 is 0 Å². The number of methoxy groups -OCH3 is 1. The first-order valence-corrected chi connectivity index (χ1v) is 7.01. The number of ether oxygens (including phenoxy) is 1. The highest BCUT2D eigenvalue weighted by molar-refractivity contribution is 5.75. The maximum absolute atomic E-state index is 11.6. The Morgan fingerprint density at radius 2 is 1.94 bits per heavy atom. The summed E-state index contributed by atoms with van der Waals surface area (Å²) in [6, 6.07) is 0. The van der Waals surface area contributed by atoms with Crippen molar-refractivity contribution in [1.29, 1.82) is 0 Å². The molecule has 1 saturated carbocycles. The summed E-state index contributed by atoms with van der Waals surface area (Å²) in [5, 5.41) is 9.52. The van der Waals surface area contributed by atoms with Crippen molar-refractivity contribution in [1.82, 2.24) is 4.90 Å². The predicted octanol–water partition coefficient (Wildman–Crippen LogP) is 2.13. The number of nitrogens with zero attached hydrogens (tertiary/aromatic N) is 1. The Morgan fingerprint density at radius 3 is 2.50 bits per heavy atom. The molecule has 1 heterocycles. The number of carboxylic acid groups (broad SMARTS) is 1. The number of carbonyl (C=O) groups is 1. The van der Waals surface area contributed by atoms with Crippen molar-refractivity contribution in [3.05, 3.63) is 0 Å². The third-order valence-corrected chi connectivity index (χ3v) is 4.77. The summed E-state index contributed by atoms with van der Waals surface area (Å²) in [7, 11) is 1.76. The van der Waals surface area contributed by atoms with Crippen LogP contribution in [0.4, 0.5) is 0 Å². The zero-order valence-electron chi connectivity index (χ0n) is 11.6. The van der Waals surface area contributed by atoms with Gasteiger partial charge in [0.2, 0.25) is 0 Å². The maximum atomic E-state index is 11.6. The highest BCUT2D eigenvalue weighted by atomic mass is 16.5. The minimum Gasteiger partial charge on any atom is -0.481 e. The lowest BCUT2D eigenvalue weighted by Crippen LogP contribution is -2.51. The molecule has 1 N–H and O–H groups in total. The molecule has 104 valence electrons. The van der Waals surface area contributed by atoms with Crippen molar-refractivity contribution in [3.8, 4) is 0 Å². The van der Waals surface area contributed by atoms with Crippen LogP contribution in [0.15, 0.2) is 0 Å². The zero-order chi connectivity index (χ0) is 13.2. The molecule has 18 heavy (non-hydrogen) atoms. The summed E-state index contributed by atoms with van der Waals surface area (Å²) in [4.78, 5) is 13.9. The predicted molar refractivity (Wildman–Crippen MR) is 69.6 cm³/mol. The van der Waals surface area contributed by atoms with Crippen LogP contribution in [0.5, 0.6) is 0 Å². The van der Waals surface area contributed by atoms with E-state index in [2.05, 4.69) is 11.8 Å². The minimum absolute atomic E-state index is 0.101. The summed E-state index contributed by atoms with van der Waals surface area (Å²) < 4.78 is 5.58. The van der Waals surface area contributed by atoms with Crippen LogP contribution in [-0.2, 0) is 9.53 Å². The molecule has 0 aromatic rings. The second kappa shape index (κ2) is 5.17. The fourth-order valence-corrected chi connectivity index (χ4v) is 3.53. The van der Waals surface area contributed by atoms with E-state index in [0.29, 0.717) is 6.54 Å². The summed E-state index contributed by atoms with van der Waals surface area (Å²) in [6.07, 6.45) is 5.95. The number of hydrogen-bond donors (Lipinski definition) is 1. The van der Waals surface area contributed by atoms with Crippen LogP contribution in [0.2, 0.25) is 0 Å². The van der Waals surface area contributed by atoms with Crippen LogP contribution in [0, 0.1) is 5.41 Å². The van der Waals surface area contributed by atoms with Gasteiger partial charge in [-0.2, -0.15) is 0 Å². The van der Waals surface area contributed by atoms with E-state index in [1.54, 1.807) is 7.11 Å². The van der Waals surface area contributed by atoms with Crippen molar-refractivity contribution in [2.75, 3.05) is 26.7 Å². The molecule has 0 aromatic carbocycles. The molecule has 0 amide bonds. The number of likely N-dealkylation sites (tertiary alicyclic amines) is 1. The molecular formula is C14H25NO3. The van der Waals surface area contributed by atoms with Gasteiger partial charge in [-0.15, -0.1) is 0 Å². The molecule has 1 aliphatic carbocycles. The number of rotatable bonds is 4. The normalized spacial score (nSPS) is 32.6. The van der Waals surface area contributed by atoms with E-state index in [0.717, 1.165) is 51.6 Å². The van der Waals surface area contributed by atoms with Gasteiger partial charge >= 0.3 is 5.97 Å². The van der Waals surface area contributed by atoms with Crippen molar-refractivity contribution in [2.45, 2.75) is 51.0 Å². The van der Waals surface area contributed by atoms with E-state index in [-0.39, 0.29) is 5.60 Å². The van der Waals surface area contributed by atoms with Gasteiger partial charge in [0, 0.05) is 20.2 Å². The number of carboxylic acids is 1. The molecule has 1 atom stereocenters. The largest absolute Gasteiger partial charge is 0.481 e. The third-order valence-electron chi connectivity index (χ3n) is 4.77. The minimum atomic E-state index is -0.607. The zero-order valence-corrected chi connectivity index (χ0v) is 11.6. The average molecular weight is 255 g/mol. The standard InChI is InChI=1S/C14H25NO3/c1-13(18-2)6-5-9-15(10-13)11-14(12(16)17)7-3-4-8-14/h3-11H2,1-2H3,(H,16,17). The molecule has 1 unspecified atom stereocenters. The summed E-state index contributed by atoms with van der Waals surface area (Å²) in [5.41, 5.74) is -0.595. The Bertz CT molecular complexity index is 312. The van der Waals surface area contributed by atoms with Gasteiger partial charge in [0.05, 0.1) is 11.0 Å². The van der Waals surface area contributed by atoms with E-state index in [9.17, 15) is 9.90 Å². The Kier molecular flexibility index (Phi) is 3.97. The first kappa shape index (κ1) is 13.8. The molecule has 2 aliphatic rings. The van der Waals surface area contributed by atoms with Gasteiger partial charge < -0.3 is 9.84 Å². The molecule has 1 saturated heterocycles. The van der Waals surface area contributed by atoms with Crippen molar-refractivity contribution >= 4 is 5.97 Å². The van der Waals surface area contributed by atoms with Crippen molar-refractivity contribution < 1.29 is 14.6 Å². The maximum Gasteiger partial charge on any atom is 0.310 e. The van der Waals surface area contributed by atoms with Gasteiger partial charge in [0.15, 0.2) is 0 Å². The van der Waals surface area contributed by atoms with Gasteiger partial charge in [0.25, 0.3) is 0 Å². The molecule has 0 radical (unpaired) electrons. The smallest absolute Gasteiger partial charge is 0.310 e. The van der Waals surface area contributed by atoms with E-state index in [1.165, 1.54) is 0 Å². The van der Waals surface area contributed by atoms with Crippen LogP contribution in [0.3, 0.4) is 0 Å². The fraction of sp³-hybridized carbons (Fsp3) is 0.929. The Morgan fingerprint density at radius 1 is 1.28 bits per heavy atom. The average Bonchev–Trinajstić information content (AvgIpc) is 2.79. The summed E-state index contributed by atoms with van der Waals surface area (Å²) >= 11 is 0. The quantitative estimate of drug-likeness (QED) is 0.836. The molecule has 0 aromatic heterocycles. The fourth-order valence-electron chi connectivity index (χ4n) is 3.53. The second-order valence-electron chi connectivity index (χ2n) is 6.26. The van der Waals surface area contributed by atoms with E-state index >= 15 is 0 Å². The van der Waals surface area contributed by atoms with Crippen LogP contribution < -0.4 is 0 Å². The van der Waals surface area contributed by atoms with Crippen molar-refractivity contribution in [2.24, 2.45) is 5.41 Å². The lowest BCUT2D eigenvalue weighted by molar-refractivity contribution is -0.151. The third kappa shape index (κ3) is 2.69. The molecule has 2 rings (SSSR count). The first-order chi connectivity index (χ1) is 8.50. The highest BCUT2D eigenvalue weighted by Gasteiger charge is 2.44. The number of hydrogen-bond acceptors (Lipinski definition) is 3. The van der Waals surface area contributed by atoms with E-state index in [4.69, 9.17) is 4.74 Å². The van der Waals surface area contributed by atoms with Gasteiger partial charge in [-0.25, -0.2) is 0 Å². The number of piperidine rings is 1. The SMILES string of the molecule is COC1(C)CCCN(CC2(C(=O)O)CCCC2)C1. The Balaban J connectivity index is 2.01. The monoisotopic (exact) mass is 255 g/mol. The van der Waals surface area contributed by atoms with Crippen molar-refractivity contribution in [3.63, 3.8) is 0 Å². The van der Waals surface area contributed by atoms with E-state index < -0.39 is 11.4 Å². The molecular weight excluding hydrogens is 230 g/mol. The molecule has 0 spiro atoms. The molecule has 4 heteroatoms. The lowest BCUT2D eigenvalue weighted by Gasteiger charge is -2.42. The topological polar surface area (TPSA) is 49.8 Å². The summed E-state index contributed by atoms with van der Waals surface area (Å²) in [5.74, 6) is -0.607. The Labute approximate surface area is 109 Å². The summed E-state index contributed by atoms with van der Waals surface area (Å²) in [6.45, 7) is 4.69. The molecule has 0 bridgehead atoms. The van der Waals surface area contributed by atoms with E-state index in [1.807, 2.05) is 0 Å². The number of aliphatic carboxylic acids is 1. The van der Waals surface area contributed by atoms with Gasteiger partial charge in [-0.3, -0.25) is 9.69 Å². The lowest BCUT2D eigenvalue weighted by atomic mass is 9.84.